The Morgan fingerprint density at radius 1 is 1.24 bits per heavy atom. The first-order valence-electron chi connectivity index (χ1n) is 10.5. The van der Waals surface area contributed by atoms with Crippen LogP contribution >= 0.6 is 0 Å². The van der Waals surface area contributed by atoms with Crippen LogP contribution in [0.25, 0.3) is 17.0 Å². The van der Waals surface area contributed by atoms with E-state index in [0.29, 0.717) is 22.6 Å². The first-order chi connectivity index (χ1) is 13.6. The molecule has 0 bridgehead atoms. The van der Waals surface area contributed by atoms with Crippen LogP contribution in [0.3, 0.4) is 0 Å². The maximum atomic E-state index is 12.4. The molecule has 1 N–H and O–H groups in total. The van der Waals surface area contributed by atoms with E-state index in [1.54, 1.807) is 6.07 Å². The van der Waals surface area contributed by atoms with Crippen LogP contribution in [0.4, 0.5) is 0 Å². The lowest BCUT2D eigenvalue weighted by atomic mass is 9.81. The van der Waals surface area contributed by atoms with Gasteiger partial charge in [0.2, 0.25) is 0 Å². The van der Waals surface area contributed by atoms with Gasteiger partial charge in [-0.3, -0.25) is 0 Å². The first-order valence-corrected chi connectivity index (χ1v) is 10.5. The van der Waals surface area contributed by atoms with Crippen LogP contribution in [0.15, 0.2) is 21.4 Å². The van der Waals surface area contributed by atoms with Gasteiger partial charge in [0.1, 0.15) is 23.2 Å². The van der Waals surface area contributed by atoms with Crippen LogP contribution in [0, 0.1) is 11.8 Å². The Bertz CT molecular complexity index is 1040. The van der Waals surface area contributed by atoms with Gasteiger partial charge >= 0.3 is 5.63 Å². The van der Waals surface area contributed by atoms with Gasteiger partial charge in [0.05, 0.1) is 22.6 Å². The third-order valence-corrected chi connectivity index (χ3v) is 6.01. The molecule has 3 atom stereocenters. The van der Waals surface area contributed by atoms with E-state index in [-0.39, 0.29) is 17.9 Å². The molecular weight excluding hydrogens is 368 g/mol. The third kappa shape index (κ3) is 3.16. The van der Waals surface area contributed by atoms with E-state index in [1.807, 2.05) is 32.9 Å². The predicted molar refractivity (Wildman–Crippen MR) is 114 cm³/mol. The van der Waals surface area contributed by atoms with E-state index >= 15 is 0 Å². The van der Waals surface area contributed by atoms with Crippen molar-refractivity contribution >= 4 is 17.0 Å². The summed E-state index contributed by atoms with van der Waals surface area (Å²) in [6, 6.07) is 1.55. The van der Waals surface area contributed by atoms with E-state index in [0.717, 1.165) is 29.4 Å². The van der Waals surface area contributed by atoms with Gasteiger partial charge in [-0.25, -0.2) is 4.79 Å². The highest BCUT2D eigenvalue weighted by Gasteiger charge is 2.42. The number of aliphatic hydroxyl groups is 1. The van der Waals surface area contributed by atoms with Crippen LogP contribution < -0.4 is 15.1 Å². The van der Waals surface area contributed by atoms with Crippen LogP contribution in [-0.2, 0) is 6.42 Å². The van der Waals surface area contributed by atoms with Gasteiger partial charge in [0.15, 0.2) is 5.58 Å². The normalized spacial score (nSPS) is 24.8. The Morgan fingerprint density at radius 3 is 2.62 bits per heavy atom. The second-order valence-corrected chi connectivity index (χ2v) is 9.20. The molecule has 0 amide bonds. The van der Waals surface area contributed by atoms with Gasteiger partial charge in [0.25, 0.3) is 0 Å². The lowest BCUT2D eigenvalue weighted by Gasteiger charge is -2.40. The van der Waals surface area contributed by atoms with Gasteiger partial charge in [-0.05, 0) is 43.9 Å². The molecule has 3 heterocycles. The number of benzene rings is 1. The maximum Gasteiger partial charge on any atom is 0.336 e. The molecule has 29 heavy (non-hydrogen) atoms. The fourth-order valence-electron chi connectivity index (χ4n) is 4.60. The zero-order chi connectivity index (χ0) is 21.1. The van der Waals surface area contributed by atoms with Gasteiger partial charge < -0.3 is 19.0 Å². The highest BCUT2D eigenvalue weighted by molar-refractivity contribution is 5.97. The van der Waals surface area contributed by atoms with E-state index in [2.05, 4.69) is 20.8 Å². The molecule has 2 aliphatic heterocycles. The van der Waals surface area contributed by atoms with Gasteiger partial charge in [-0.2, -0.15) is 0 Å². The van der Waals surface area contributed by atoms with Crippen LogP contribution in [-0.4, -0.2) is 16.8 Å². The average molecular weight is 398 g/mol. The maximum absolute atomic E-state index is 12.4. The smallest absolute Gasteiger partial charge is 0.336 e. The Balaban J connectivity index is 2.13. The summed E-state index contributed by atoms with van der Waals surface area (Å²) >= 11 is 0. The SMILES string of the molecule is CCCc1cc(=O)oc2c3c(c4c(c12)OC(C)(C)C=C4)O[C@H](C(C)C)[C@@H](C)[C@H]3O. The monoisotopic (exact) mass is 398 g/mol. The molecule has 2 aromatic rings. The molecule has 1 aromatic heterocycles. The van der Waals surface area contributed by atoms with E-state index < -0.39 is 17.3 Å². The van der Waals surface area contributed by atoms with Crippen LogP contribution in [0.1, 0.15) is 70.8 Å². The molecule has 2 aliphatic rings. The molecule has 1 aromatic carbocycles. The summed E-state index contributed by atoms with van der Waals surface area (Å²) in [5, 5.41) is 12.0. The zero-order valence-corrected chi connectivity index (χ0v) is 18.0. The van der Waals surface area contributed by atoms with E-state index in [4.69, 9.17) is 13.9 Å². The number of aliphatic hydroxyl groups excluding tert-OH is 1. The summed E-state index contributed by atoms with van der Waals surface area (Å²) < 4.78 is 18.5. The Morgan fingerprint density at radius 2 is 1.97 bits per heavy atom. The molecule has 0 radical (unpaired) electrons. The van der Waals surface area contributed by atoms with Crippen molar-refractivity contribution in [2.45, 2.75) is 72.2 Å². The molecule has 0 unspecified atom stereocenters. The number of aryl methyl sites for hydroxylation is 1. The summed E-state index contributed by atoms with van der Waals surface area (Å²) in [7, 11) is 0. The van der Waals surface area contributed by atoms with Crippen molar-refractivity contribution in [3.8, 4) is 11.5 Å². The number of ether oxygens (including phenoxy) is 2. The van der Waals surface area contributed by atoms with Crippen molar-refractivity contribution < 1.29 is 19.0 Å². The third-order valence-electron chi connectivity index (χ3n) is 6.01. The second-order valence-electron chi connectivity index (χ2n) is 9.20. The minimum Gasteiger partial charge on any atom is -0.488 e. The molecule has 5 nitrogen and oxygen atoms in total. The van der Waals surface area contributed by atoms with Gasteiger partial charge in [0, 0.05) is 12.0 Å². The van der Waals surface area contributed by atoms with Crippen LogP contribution in [0.5, 0.6) is 11.5 Å². The molecule has 0 fully saturated rings. The lowest BCUT2D eigenvalue weighted by Crippen LogP contribution is -2.39. The van der Waals surface area contributed by atoms with Crippen molar-refractivity contribution in [1.29, 1.82) is 0 Å². The summed E-state index contributed by atoms with van der Waals surface area (Å²) in [4.78, 5) is 12.4. The second kappa shape index (κ2) is 6.91. The van der Waals surface area contributed by atoms with Crippen LogP contribution in [0.2, 0.25) is 0 Å². The molecule has 5 heteroatoms. The molecule has 4 rings (SSSR count). The molecule has 0 saturated heterocycles. The minimum absolute atomic E-state index is 0.131. The highest BCUT2D eigenvalue weighted by Crippen LogP contribution is 2.52. The Labute approximate surface area is 171 Å². The number of rotatable bonds is 3. The number of hydrogen-bond acceptors (Lipinski definition) is 5. The Kier molecular flexibility index (Phi) is 4.77. The summed E-state index contributed by atoms with van der Waals surface area (Å²) in [6.45, 7) is 12.2. The highest BCUT2D eigenvalue weighted by atomic mass is 16.5. The van der Waals surface area contributed by atoms with E-state index in [1.165, 1.54) is 0 Å². The van der Waals surface area contributed by atoms with Crippen molar-refractivity contribution in [2.24, 2.45) is 11.8 Å². The van der Waals surface area contributed by atoms with Gasteiger partial charge in [-0.1, -0.05) is 34.1 Å². The molecular formula is C24H30O5. The minimum atomic E-state index is -0.790. The number of hydrogen-bond donors (Lipinski definition) is 1. The lowest BCUT2D eigenvalue weighted by molar-refractivity contribution is -0.0125. The summed E-state index contributed by atoms with van der Waals surface area (Å²) in [5.41, 5.74) is 1.74. The number of fused-ring (bicyclic) bond motifs is 6. The summed E-state index contributed by atoms with van der Waals surface area (Å²) in [6.07, 6.45) is 4.68. The fraction of sp³-hybridized carbons (Fsp3) is 0.542. The molecule has 0 spiro atoms. The average Bonchev–Trinajstić information content (AvgIpc) is 2.62. The summed E-state index contributed by atoms with van der Waals surface area (Å²) in [5.74, 6) is 1.33. The topological polar surface area (TPSA) is 68.9 Å². The zero-order valence-electron chi connectivity index (χ0n) is 18.0. The standard InChI is InChI=1S/C24H30O5/c1-7-8-14-11-16(25)27-23-17(14)22-15(9-10-24(5,6)29-22)21-18(23)19(26)13(4)20(28-21)12(2)3/h9-13,19-20,26H,7-8H2,1-6H3/t13-,19+,20+/m0/s1. The van der Waals surface area contributed by atoms with Gasteiger partial charge in [-0.15, -0.1) is 0 Å². The molecule has 0 saturated carbocycles. The van der Waals surface area contributed by atoms with Crippen molar-refractivity contribution in [1.82, 2.24) is 0 Å². The van der Waals surface area contributed by atoms with Crippen molar-refractivity contribution in [3.63, 3.8) is 0 Å². The first kappa shape index (κ1) is 20.0. The fourth-order valence-corrected chi connectivity index (χ4v) is 4.60. The molecule has 156 valence electrons. The van der Waals surface area contributed by atoms with E-state index in [9.17, 15) is 9.90 Å². The van der Waals surface area contributed by atoms with Crippen molar-refractivity contribution in [2.75, 3.05) is 0 Å². The predicted octanol–water partition coefficient (Wildman–Crippen LogP) is 5.02. The van der Waals surface area contributed by atoms with Crippen molar-refractivity contribution in [3.05, 3.63) is 39.3 Å². The quantitative estimate of drug-likeness (QED) is 0.736. The molecule has 0 aliphatic carbocycles. The largest absolute Gasteiger partial charge is 0.488 e. The Hall–Kier alpha value is -2.27.